The standard InChI is InChI=1S/C15H16BrClN2/c1-10-5-4-8-19-13(10)9-14(18-2)11-6-3-7-12(16)15(11)17/h3-8,14,18H,9H2,1-2H3. The number of hydrogen-bond acceptors (Lipinski definition) is 2. The minimum absolute atomic E-state index is 0.151. The summed E-state index contributed by atoms with van der Waals surface area (Å²) in [5.41, 5.74) is 3.38. The van der Waals surface area contributed by atoms with Crippen LogP contribution in [0, 0.1) is 6.92 Å². The molecule has 0 aliphatic heterocycles. The van der Waals surface area contributed by atoms with Gasteiger partial charge in [-0.25, -0.2) is 0 Å². The first kappa shape index (κ1) is 14.5. The number of pyridine rings is 1. The minimum atomic E-state index is 0.151. The molecule has 1 unspecified atom stereocenters. The quantitative estimate of drug-likeness (QED) is 0.898. The lowest BCUT2D eigenvalue weighted by atomic mass is 10.00. The molecule has 0 amide bonds. The van der Waals surface area contributed by atoms with Crippen LogP contribution in [0.5, 0.6) is 0 Å². The monoisotopic (exact) mass is 338 g/mol. The molecular weight excluding hydrogens is 324 g/mol. The van der Waals surface area contributed by atoms with E-state index in [0.717, 1.165) is 27.2 Å². The van der Waals surface area contributed by atoms with Gasteiger partial charge in [-0.1, -0.05) is 29.8 Å². The second-order valence-electron chi connectivity index (χ2n) is 4.46. The summed E-state index contributed by atoms with van der Waals surface area (Å²) < 4.78 is 0.921. The number of benzene rings is 1. The fourth-order valence-corrected chi connectivity index (χ4v) is 2.72. The molecular formula is C15H16BrClN2. The van der Waals surface area contributed by atoms with Gasteiger partial charge in [-0.3, -0.25) is 4.98 Å². The lowest BCUT2D eigenvalue weighted by Crippen LogP contribution is -2.20. The molecule has 0 radical (unpaired) electrons. The van der Waals surface area contributed by atoms with Gasteiger partial charge in [0.15, 0.2) is 0 Å². The van der Waals surface area contributed by atoms with Crippen LogP contribution in [0.2, 0.25) is 5.02 Å². The van der Waals surface area contributed by atoms with Crippen LogP contribution in [-0.4, -0.2) is 12.0 Å². The Morgan fingerprint density at radius 1 is 1.32 bits per heavy atom. The predicted octanol–water partition coefficient (Wildman–Crippen LogP) is 4.31. The Morgan fingerprint density at radius 3 is 2.79 bits per heavy atom. The Bertz CT molecular complexity index is 572. The maximum absolute atomic E-state index is 6.37. The molecule has 2 nitrogen and oxygen atoms in total. The van der Waals surface area contributed by atoms with Crippen LogP contribution in [0.25, 0.3) is 0 Å². The number of nitrogens with one attached hydrogen (secondary N) is 1. The number of nitrogens with zero attached hydrogens (tertiary/aromatic N) is 1. The van der Waals surface area contributed by atoms with Gasteiger partial charge in [-0.15, -0.1) is 0 Å². The second kappa shape index (κ2) is 6.51. The highest BCUT2D eigenvalue weighted by Gasteiger charge is 2.16. The molecule has 0 aliphatic carbocycles. The summed E-state index contributed by atoms with van der Waals surface area (Å²) in [6, 6.07) is 10.2. The number of aromatic nitrogens is 1. The molecule has 1 atom stereocenters. The first-order valence-corrected chi connectivity index (χ1v) is 7.32. The topological polar surface area (TPSA) is 24.9 Å². The number of aryl methyl sites for hydroxylation is 1. The molecule has 0 bridgehead atoms. The van der Waals surface area contributed by atoms with E-state index in [4.69, 9.17) is 11.6 Å². The van der Waals surface area contributed by atoms with Crippen LogP contribution in [-0.2, 0) is 6.42 Å². The zero-order valence-corrected chi connectivity index (χ0v) is 13.3. The molecule has 100 valence electrons. The van der Waals surface area contributed by atoms with E-state index in [2.05, 4.69) is 39.2 Å². The van der Waals surface area contributed by atoms with Gasteiger partial charge in [0.25, 0.3) is 0 Å². The van der Waals surface area contributed by atoms with Crippen LogP contribution in [0.3, 0.4) is 0 Å². The number of likely N-dealkylation sites (N-methyl/N-ethyl adjacent to an activating group) is 1. The summed E-state index contributed by atoms with van der Waals surface area (Å²) in [7, 11) is 1.94. The van der Waals surface area contributed by atoms with E-state index in [-0.39, 0.29) is 6.04 Å². The number of hydrogen-bond donors (Lipinski definition) is 1. The number of halogens is 2. The molecule has 0 aliphatic rings. The average molecular weight is 340 g/mol. The normalized spacial score (nSPS) is 12.4. The van der Waals surface area contributed by atoms with Crippen molar-refractivity contribution in [3.8, 4) is 0 Å². The maximum Gasteiger partial charge on any atom is 0.0595 e. The third-order valence-electron chi connectivity index (χ3n) is 3.22. The van der Waals surface area contributed by atoms with Gasteiger partial charge >= 0.3 is 0 Å². The van der Waals surface area contributed by atoms with E-state index in [9.17, 15) is 0 Å². The summed E-state index contributed by atoms with van der Waals surface area (Å²) in [4.78, 5) is 4.45. The van der Waals surface area contributed by atoms with E-state index in [1.807, 2.05) is 37.5 Å². The Kier molecular flexibility index (Phi) is 4.97. The Morgan fingerprint density at radius 2 is 2.11 bits per heavy atom. The molecule has 2 rings (SSSR count). The summed E-state index contributed by atoms with van der Waals surface area (Å²) in [6.07, 6.45) is 2.65. The highest BCUT2D eigenvalue weighted by atomic mass is 79.9. The highest BCUT2D eigenvalue weighted by molar-refractivity contribution is 9.10. The van der Waals surface area contributed by atoms with Gasteiger partial charge < -0.3 is 5.32 Å². The van der Waals surface area contributed by atoms with Gasteiger partial charge in [-0.05, 0) is 53.2 Å². The smallest absolute Gasteiger partial charge is 0.0595 e. The van der Waals surface area contributed by atoms with E-state index in [1.54, 1.807) is 0 Å². The van der Waals surface area contributed by atoms with E-state index in [1.165, 1.54) is 5.56 Å². The van der Waals surface area contributed by atoms with Crippen molar-refractivity contribution in [2.24, 2.45) is 0 Å². The molecule has 1 aromatic carbocycles. The predicted molar refractivity (Wildman–Crippen MR) is 83.6 cm³/mol. The van der Waals surface area contributed by atoms with Crippen LogP contribution in [0.4, 0.5) is 0 Å². The van der Waals surface area contributed by atoms with Crippen LogP contribution >= 0.6 is 27.5 Å². The molecule has 0 spiro atoms. The van der Waals surface area contributed by atoms with Crippen LogP contribution in [0.1, 0.15) is 22.9 Å². The van der Waals surface area contributed by atoms with Gasteiger partial charge in [0.2, 0.25) is 0 Å². The lowest BCUT2D eigenvalue weighted by molar-refractivity contribution is 0.582. The summed E-state index contributed by atoms with van der Waals surface area (Å²) in [6.45, 7) is 2.08. The van der Waals surface area contributed by atoms with E-state index < -0.39 is 0 Å². The maximum atomic E-state index is 6.37. The van der Waals surface area contributed by atoms with E-state index in [0.29, 0.717) is 0 Å². The Hall–Kier alpha value is -0.900. The summed E-state index contributed by atoms with van der Waals surface area (Å²) in [5.74, 6) is 0. The molecule has 19 heavy (non-hydrogen) atoms. The highest BCUT2D eigenvalue weighted by Crippen LogP contribution is 2.31. The zero-order valence-electron chi connectivity index (χ0n) is 11.0. The van der Waals surface area contributed by atoms with Crippen LogP contribution < -0.4 is 5.32 Å². The van der Waals surface area contributed by atoms with Gasteiger partial charge in [0.05, 0.1) is 5.02 Å². The lowest BCUT2D eigenvalue weighted by Gasteiger charge is -2.19. The molecule has 2 aromatic rings. The van der Waals surface area contributed by atoms with Crippen molar-refractivity contribution in [2.45, 2.75) is 19.4 Å². The molecule has 1 N–H and O–H groups in total. The molecule has 4 heteroatoms. The third-order valence-corrected chi connectivity index (χ3v) is 4.53. The summed E-state index contributed by atoms with van der Waals surface area (Å²) >= 11 is 9.83. The van der Waals surface area contributed by atoms with Crippen molar-refractivity contribution in [3.05, 3.63) is 62.8 Å². The minimum Gasteiger partial charge on any atom is -0.313 e. The third kappa shape index (κ3) is 3.35. The first-order valence-electron chi connectivity index (χ1n) is 6.15. The Balaban J connectivity index is 2.31. The van der Waals surface area contributed by atoms with Crippen molar-refractivity contribution in [1.82, 2.24) is 10.3 Å². The first-order chi connectivity index (χ1) is 9.13. The van der Waals surface area contributed by atoms with Crippen molar-refractivity contribution in [3.63, 3.8) is 0 Å². The largest absolute Gasteiger partial charge is 0.313 e. The molecule has 0 saturated carbocycles. The van der Waals surface area contributed by atoms with E-state index >= 15 is 0 Å². The molecule has 1 aromatic heterocycles. The van der Waals surface area contributed by atoms with Crippen molar-refractivity contribution < 1.29 is 0 Å². The van der Waals surface area contributed by atoms with Crippen molar-refractivity contribution in [2.75, 3.05) is 7.05 Å². The number of rotatable bonds is 4. The fourth-order valence-electron chi connectivity index (χ4n) is 2.08. The molecule has 0 fully saturated rings. The average Bonchev–Trinajstić information content (AvgIpc) is 2.41. The van der Waals surface area contributed by atoms with Crippen LogP contribution in [0.15, 0.2) is 41.0 Å². The zero-order chi connectivity index (χ0) is 13.8. The SMILES string of the molecule is CNC(Cc1ncccc1C)c1cccc(Br)c1Cl. The van der Waals surface area contributed by atoms with Crippen molar-refractivity contribution in [1.29, 1.82) is 0 Å². The summed E-state index contributed by atoms with van der Waals surface area (Å²) in [5, 5.41) is 4.08. The Labute approximate surface area is 127 Å². The second-order valence-corrected chi connectivity index (χ2v) is 5.69. The molecule has 0 saturated heterocycles. The van der Waals surface area contributed by atoms with Gasteiger partial charge in [0, 0.05) is 28.8 Å². The van der Waals surface area contributed by atoms with Gasteiger partial charge in [-0.2, -0.15) is 0 Å². The molecule has 1 heterocycles. The van der Waals surface area contributed by atoms with Crippen molar-refractivity contribution >= 4 is 27.5 Å². The van der Waals surface area contributed by atoms with Gasteiger partial charge in [0.1, 0.15) is 0 Å². The fraction of sp³-hybridized carbons (Fsp3) is 0.267.